The number of Topliss-reactive ketones (excluding diaryl/α,β-unsaturated/α-hetero) is 1. The van der Waals surface area contributed by atoms with Crippen LogP contribution in [0.15, 0.2) is 22.8 Å². The number of nitrogens with one attached hydrogen (secondary N) is 1. The van der Waals surface area contributed by atoms with Gasteiger partial charge in [-0.05, 0) is 32.0 Å². The van der Waals surface area contributed by atoms with Crippen LogP contribution in [0.1, 0.15) is 31.4 Å². The Morgan fingerprint density at radius 3 is 2.73 bits per heavy atom. The van der Waals surface area contributed by atoms with E-state index in [2.05, 4.69) is 5.32 Å². The van der Waals surface area contributed by atoms with Gasteiger partial charge >= 0.3 is 0 Å². The molecule has 0 bridgehead atoms. The predicted molar refractivity (Wildman–Crippen MR) is 57.8 cm³/mol. The van der Waals surface area contributed by atoms with E-state index >= 15 is 0 Å². The highest BCUT2D eigenvalue weighted by molar-refractivity contribution is 5.79. The summed E-state index contributed by atoms with van der Waals surface area (Å²) in [7, 11) is 1.95. The molecule has 1 saturated carbocycles. The molecule has 1 aromatic rings. The average molecular weight is 207 g/mol. The molecule has 3 nitrogen and oxygen atoms in total. The molecular weight excluding hydrogens is 190 g/mol. The van der Waals surface area contributed by atoms with Crippen LogP contribution in [-0.4, -0.2) is 19.4 Å². The molecule has 1 heterocycles. The summed E-state index contributed by atoms with van der Waals surface area (Å²) in [4.78, 5) is 11.3. The van der Waals surface area contributed by atoms with Crippen molar-refractivity contribution in [3.05, 3.63) is 24.2 Å². The molecule has 0 aliphatic heterocycles. The second kappa shape index (κ2) is 4.19. The van der Waals surface area contributed by atoms with Crippen LogP contribution in [-0.2, 0) is 10.2 Å². The first-order chi connectivity index (χ1) is 7.27. The Morgan fingerprint density at radius 2 is 2.20 bits per heavy atom. The van der Waals surface area contributed by atoms with E-state index in [-0.39, 0.29) is 5.41 Å². The van der Waals surface area contributed by atoms with Gasteiger partial charge in [0.15, 0.2) is 0 Å². The number of hydrogen-bond donors (Lipinski definition) is 1. The van der Waals surface area contributed by atoms with Gasteiger partial charge in [0.1, 0.15) is 11.5 Å². The van der Waals surface area contributed by atoms with Crippen LogP contribution < -0.4 is 5.32 Å². The van der Waals surface area contributed by atoms with Crippen molar-refractivity contribution in [1.82, 2.24) is 5.32 Å². The number of carbonyl (C=O) groups excluding carboxylic acids is 1. The van der Waals surface area contributed by atoms with Crippen molar-refractivity contribution in [1.29, 1.82) is 0 Å². The lowest BCUT2D eigenvalue weighted by atomic mass is 9.72. The van der Waals surface area contributed by atoms with Crippen molar-refractivity contribution >= 4 is 5.78 Å². The SMILES string of the molecule is CNCC1(c2ccco2)CCC(=O)CC1. The molecule has 3 heteroatoms. The molecule has 1 N–H and O–H groups in total. The van der Waals surface area contributed by atoms with Gasteiger partial charge < -0.3 is 9.73 Å². The smallest absolute Gasteiger partial charge is 0.132 e. The highest BCUT2D eigenvalue weighted by Crippen LogP contribution is 2.37. The fourth-order valence-electron chi connectivity index (χ4n) is 2.44. The third-order valence-electron chi connectivity index (χ3n) is 3.32. The van der Waals surface area contributed by atoms with Crippen LogP contribution in [0, 0.1) is 0 Å². The van der Waals surface area contributed by atoms with E-state index in [0.29, 0.717) is 18.6 Å². The zero-order valence-electron chi connectivity index (χ0n) is 9.08. The molecule has 1 aromatic heterocycles. The molecule has 0 aromatic carbocycles. The largest absolute Gasteiger partial charge is 0.469 e. The summed E-state index contributed by atoms with van der Waals surface area (Å²) in [5.41, 5.74) is 0.0339. The minimum absolute atomic E-state index is 0.0339. The third-order valence-corrected chi connectivity index (χ3v) is 3.32. The maximum Gasteiger partial charge on any atom is 0.132 e. The zero-order chi connectivity index (χ0) is 10.7. The standard InChI is InChI=1S/C12H17NO2/c1-13-9-12(11-3-2-8-15-11)6-4-10(14)5-7-12/h2-3,8,13H,4-7,9H2,1H3. The van der Waals surface area contributed by atoms with Gasteiger partial charge in [0.2, 0.25) is 0 Å². The second-order valence-electron chi connectivity index (χ2n) is 4.33. The van der Waals surface area contributed by atoms with E-state index in [4.69, 9.17) is 4.42 Å². The lowest BCUT2D eigenvalue weighted by molar-refractivity contribution is -0.121. The van der Waals surface area contributed by atoms with Gasteiger partial charge in [-0.2, -0.15) is 0 Å². The highest BCUT2D eigenvalue weighted by atomic mass is 16.3. The fourth-order valence-corrected chi connectivity index (χ4v) is 2.44. The summed E-state index contributed by atoms with van der Waals surface area (Å²) in [5.74, 6) is 1.40. The monoisotopic (exact) mass is 207 g/mol. The highest BCUT2D eigenvalue weighted by Gasteiger charge is 2.37. The van der Waals surface area contributed by atoms with E-state index in [9.17, 15) is 4.79 Å². The molecule has 15 heavy (non-hydrogen) atoms. The van der Waals surface area contributed by atoms with Gasteiger partial charge in [0.05, 0.1) is 6.26 Å². The van der Waals surface area contributed by atoms with Crippen molar-refractivity contribution in [3.8, 4) is 0 Å². The molecule has 1 aliphatic carbocycles. The summed E-state index contributed by atoms with van der Waals surface area (Å²) >= 11 is 0. The van der Waals surface area contributed by atoms with Gasteiger partial charge in [0, 0.05) is 24.8 Å². The maximum absolute atomic E-state index is 11.3. The fraction of sp³-hybridized carbons (Fsp3) is 0.583. The number of furan rings is 1. The van der Waals surface area contributed by atoms with Crippen molar-refractivity contribution in [2.45, 2.75) is 31.1 Å². The molecule has 2 rings (SSSR count). The molecule has 0 amide bonds. The van der Waals surface area contributed by atoms with Gasteiger partial charge in [0.25, 0.3) is 0 Å². The van der Waals surface area contributed by atoms with Crippen LogP contribution in [0.4, 0.5) is 0 Å². The van der Waals surface area contributed by atoms with E-state index in [1.54, 1.807) is 6.26 Å². The maximum atomic E-state index is 11.3. The zero-order valence-corrected chi connectivity index (χ0v) is 9.08. The van der Waals surface area contributed by atoms with Crippen LogP contribution in [0.25, 0.3) is 0 Å². The van der Waals surface area contributed by atoms with Crippen LogP contribution in [0.5, 0.6) is 0 Å². The molecule has 0 unspecified atom stereocenters. The van der Waals surface area contributed by atoms with E-state index in [0.717, 1.165) is 25.1 Å². The molecule has 0 spiro atoms. The second-order valence-corrected chi connectivity index (χ2v) is 4.33. The molecule has 1 fully saturated rings. The van der Waals surface area contributed by atoms with Crippen molar-refractivity contribution in [2.75, 3.05) is 13.6 Å². The Labute approximate surface area is 89.9 Å². The van der Waals surface area contributed by atoms with Crippen LogP contribution >= 0.6 is 0 Å². The minimum atomic E-state index is 0.0339. The Bertz CT molecular complexity index is 319. The number of carbonyl (C=O) groups is 1. The molecule has 0 atom stereocenters. The van der Waals surface area contributed by atoms with Gasteiger partial charge in [-0.1, -0.05) is 0 Å². The van der Waals surface area contributed by atoms with E-state index in [1.807, 2.05) is 19.2 Å². The minimum Gasteiger partial charge on any atom is -0.469 e. The Balaban J connectivity index is 2.21. The Hall–Kier alpha value is -1.09. The summed E-state index contributed by atoms with van der Waals surface area (Å²) in [6, 6.07) is 3.94. The summed E-state index contributed by atoms with van der Waals surface area (Å²) in [6.07, 6.45) is 4.88. The summed E-state index contributed by atoms with van der Waals surface area (Å²) < 4.78 is 5.51. The number of hydrogen-bond acceptors (Lipinski definition) is 3. The first-order valence-electron chi connectivity index (χ1n) is 5.47. The number of likely N-dealkylation sites (N-methyl/N-ethyl adjacent to an activating group) is 1. The lowest BCUT2D eigenvalue weighted by Crippen LogP contribution is -2.40. The normalized spacial score (nSPS) is 20.5. The lowest BCUT2D eigenvalue weighted by Gasteiger charge is -2.34. The van der Waals surface area contributed by atoms with Gasteiger partial charge in [-0.25, -0.2) is 0 Å². The molecular formula is C12H17NO2. The van der Waals surface area contributed by atoms with Gasteiger partial charge in [-0.15, -0.1) is 0 Å². The third kappa shape index (κ3) is 1.97. The summed E-state index contributed by atoms with van der Waals surface area (Å²) in [5, 5.41) is 3.21. The van der Waals surface area contributed by atoms with E-state index < -0.39 is 0 Å². The first-order valence-corrected chi connectivity index (χ1v) is 5.47. The first kappa shape index (κ1) is 10.4. The Morgan fingerprint density at radius 1 is 1.47 bits per heavy atom. The van der Waals surface area contributed by atoms with Crippen LogP contribution in [0.3, 0.4) is 0 Å². The Kier molecular flexibility index (Phi) is 2.91. The quantitative estimate of drug-likeness (QED) is 0.822. The van der Waals surface area contributed by atoms with Crippen molar-refractivity contribution in [2.24, 2.45) is 0 Å². The summed E-state index contributed by atoms with van der Waals surface area (Å²) in [6.45, 7) is 0.883. The van der Waals surface area contributed by atoms with Crippen LogP contribution in [0.2, 0.25) is 0 Å². The van der Waals surface area contributed by atoms with E-state index in [1.165, 1.54) is 0 Å². The van der Waals surface area contributed by atoms with Crippen molar-refractivity contribution in [3.63, 3.8) is 0 Å². The van der Waals surface area contributed by atoms with Crippen molar-refractivity contribution < 1.29 is 9.21 Å². The average Bonchev–Trinajstić information content (AvgIpc) is 2.76. The molecule has 1 aliphatic rings. The molecule has 0 saturated heterocycles. The van der Waals surface area contributed by atoms with Gasteiger partial charge in [-0.3, -0.25) is 4.79 Å². The molecule has 0 radical (unpaired) electrons. The predicted octanol–water partition coefficient (Wildman–Crippen LogP) is 1.88. The molecule has 82 valence electrons. The number of rotatable bonds is 3. The number of ketones is 1. The topological polar surface area (TPSA) is 42.2 Å².